The quantitative estimate of drug-likeness (QED) is 0.706. The molecule has 0 radical (unpaired) electrons. The lowest BCUT2D eigenvalue weighted by Crippen LogP contribution is -1.92. The van der Waals surface area contributed by atoms with Gasteiger partial charge in [-0.05, 0) is 30.5 Å². The molecule has 1 aromatic rings. The summed E-state index contributed by atoms with van der Waals surface area (Å²) in [6.45, 7) is 0. The highest BCUT2D eigenvalue weighted by molar-refractivity contribution is 5.72. The molecule has 0 amide bonds. The van der Waals surface area contributed by atoms with Gasteiger partial charge in [0.25, 0.3) is 0 Å². The van der Waals surface area contributed by atoms with E-state index in [1.54, 1.807) is 6.20 Å². The Labute approximate surface area is 77.8 Å². The molecule has 2 heteroatoms. The van der Waals surface area contributed by atoms with Crippen LogP contribution in [0.25, 0.3) is 5.57 Å². The maximum Gasteiger partial charge on any atom is 0.0700 e. The van der Waals surface area contributed by atoms with Gasteiger partial charge in [0.05, 0.1) is 17.6 Å². The van der Waals surface area contributed by atoms with Gasteiger partial charge in [-0.25, -0.2) is 0 Å². The van der Waals surface area contributed by atoms with Gasteiger partial charge in [-0.3, -0.25) is 4.98 Å². The van der Waals surface area contributed by atoms with Crippen LogP contribution < -0.4 is 5.73 Å². The molecule has 1 aliphatic carbocycles. The summed E-state index contributed by atoms with van der Waals surface area (Å²) in [7, 11) is 0. The van der Waals surface area contributed by atoms with Gasteiger partial charge in [0, 0.05) is 0 Å². The van der Waals surface area contributed by atoms with Crippen LogP contribution >= 0.6 is 0 Å². The van der Waals surface area contributed by atoms with E-state index in [1.165, 1.54) is 5.57 Å². The van der Waals surface area contributed by atoms with Crippen molar-refractivity contribution in [2.75, 3.05) is 5.73 Å². The van der Waals surface area contributed by atoms with Crippen LogP contribution in [0.5, 0.6) is 0 Å². The lowest BCUT2D eigenvalue weighted by molar-refractivity contribution is 1.04. The predicted molar refractivity (Wildman–Crippen MR) is 55.0 cm³/mol. The van der Waals surface area contributed by atoms with E-state index in [0.717, 1.165) is 18.5 Å². The van der Waals surface area contributed by atoms with E-state index in [4.69, 9.17) is 5.73 Å². The SMILES string of the molecule is Nc1ccc(C2=CCCC=C2)nc1. The van der Waals surface area contributed by atoms with Gasteiger partial charge in [-0.1, -0.05) is 18.2 Å². The Balaban J connectivity index is 2.30. The van der Waals surface area contributed by atoms with Gasteiger partial charge in [0.2, 0.25) is 0 Å². The average molecular weight is 172 g/mol. The molecule has 0 atom stereocenters. The van der Waals surface area contributed by atoms with E-state index >= 15 is 0 Å². The molecule has 0 aliphatic heterocycles. The molecule has 1 aliphatic rings. The first-order valence-corrected chi connectivity index (χ1v) is 4.45. The first-order valence-electron chi connectivity index (χ1n) is 4.45. The van der Waals surface area contributed by atoms with E-state index in [-0.39, 0.29) is 0 Å². The van der Waals surface area contributed by atoms with E-state index in [9.17, 15) is 0 Å². The normalized spacial score (nSPS) is 15.5. The second-order valence-corrected chi connectivity index (χ2v) is 3.12. The molecule has 0 saturated carbocycles. The minimum atomic E-state index is 0.712. The summed E-state index contributed by atoms with van der Waals surface area (Å²) in [5.74, 6) is 0. The summed E-state index contributed by atoms with van der Waals surface area (Å²) in [5, 5.41) is 0. The minimum Gasteiger partial charge on any atom is -0.397 e. The zero-order chi connectivity index (χ0) is 9.10. The summed E-state index contributed by atoms with van der Waals surface area (Å²) in [5.41, 5.74) is 8.47. The first kappa shape index (κ1) is 8.05. The van der Waals surface area contributed by atoms with E-state index in [1.807, 2.05) is 12.1 Å². The molecule has 2 N–H and O–H groups in total. The van der Waals surface area contributed by atoms with Crippen molar-refractivity contribution in [1.82, 2.24) is 4.98 Å². The Morgan fingerprint density at radius 2 is 2.15 bits per heavy atom. The summed E-state index contributed by atoms with van der Waals surface area (Å²) in [4.78, 5) is 4.26. The second kappa shape index (κ2) is 3.44. The van der Waals surface area contributed by atoms with Gasteiger partial charge < -0.3 is 5.73 Å². The van der Waals surface area contributed by atoms with Crippen LogP contribution in [0.4, 0.5) is 5.69 Å². The van der Waals surface area contributed by atoms with Gasteiger partial charge in [-0.15, -0.1) is 0 Å². The fourth-order valence-corrected chi connectivity index (χ4v) is 1.38. The lowest BCUT2D eigenvalue weighted by Gasteiger charge is -2.05. The van der Waals surface area contributed by atoms with Crippen molar-refractivity contribution in [3.63, 3.8) is 0 Å². The van der Waals surface area contributed by atoms with Crippen LogP contribution in [0, 0.1) is 0 Å². The van der Waals surface area contributed by atoms with Gasteiger partial charge in [0.15, 0.2) is 0 Å². The number of allylic oxidation sites excluding steroid dienone is 4. The van der Waals surface area contributed by atoms with Crippen molar-refractivity contribution in [1.29, 1.82) is 0 Å². The van der Waals surface area contributed by atoms with Crippen molar-refractivity contribution in [3.8, 4) is 0 Å². The van der Waals surface area contributed by atoms with Crippen molar-refractivity contribution >= 4 is 11.3 Å². The number of nitrogen functional groups attached to an aromatic ring is 1. The molecular formula is C11H12N2. The highest BCUT2D eigenvalue weighted by Crippen LogP contribution is 2.19. The zero-order valence-corrected chi connectivity index (χ0v) is 7.40. The highest BCUT2D eigenvalue weighted by Gasteiger charge is 2.01. The fourth-order valence-electron chi connectivity index (χ4n) is 1.38. The smallest absolute Gasteiger partial charge is 0.0700 e. The largest absolute Gasteiger partial charge is 0.397 e. The number of nitrogens with two attached hydrogens (primary N) is 1. The first-order chi connectivity index (χ1) is 6.36. The van der Waals surface area contributed by atoms with Crippen LogP contribution in [0.15, 0.2) is 36.6 Å². The van der Waals surface area contributed by atoms with Crippen molar-refractivity contribution in [3.05, 3.63) is 42.3 Å². The Bertz CT molecular complexity index is 347. The molecule has 0 aromatic carbocycles. The van der Waals surface area contributed by atoms with Crippen molar-refractivity contribution < 1.29 is 0 Å². The zero-order valence-electron chi connectivity index (χ0n) is 7.40. The number of anilines is 1. The number of rotatable bonds is 1. The molecule has 0 saturated heterocycles. The molecule has 0 fully saturated rings. The third-order valence-electron chi connectivity index (χ3n) is 2.08. The lowest BCUT2D eigenvalue weighted by atomic mass is 10.0. The van der Waals surface area contributed by atoms with Crippen LogP contribution in [0.1, 0.15) is 18.5 Å². The fraction of sp³-hybridized carbons (Fsp3) is 0.182. The standard InChI is InChI=1S/C11H12N2/c12-10-6-7-11(13-8-10)9-4-2-1-3-5-9/h2,4-8H,1,3,12H2. The molecule has 1 aromatic heterocycles. The van der Waals surface area contributed by atoms with Crippen LogP contribution in [-0.4, -0.2) is 4.98 Å². The number of nitrogens with zero attached hydrogens (tertiary/aromatic N) is 1. The Morgan fingerprint density at radius 3 is 2.77 bits per heavy atom. The van der Waals surface area contributed by atoms with Crippen molar-refractivity contribution in [2.45, 2.75) is 12.8 Å². The third kappa shape index (κ3) is 1.78. The van der Waals surface area contributed by atoms with Gasteiger partial charge >= 0.3 is 0 Å². The van der Waals surface area contributed by atoms with Crippen molar-refractivity contribution in [2.24, 2.45) is 0 Å². The maximum atomic E-state index is 5.56. The van der Waals surface area contributed by atoms with Crippen LogP contribution in [0.3, 0.4) is 0 Å². The molecule has 13 heavy (non-hydrogen) atoms. The van der Waals surface area contributed by atoms with E-state index < -0.39 is 0 Å². The number of hydrogen-bond acceptors (Lipinski definition) is 2. The summed E-state index contributed by atoms with van der Waals surface area (Å²) >= 11 is 0. The van der Waals surface area contributed by atoms with Crippen LogP contribution in [-0.2, 0) is 0 Å². The molecule has 2 nitrogen and oxygen atoms in total. The molecule has 1 heterocycles. The van der Waals surface area contributed by atoms with E-state index in [2.05, 4.69) is 23.2 Å². The molecule has 0 unspecified atom stereocenters. The molecule has 66 valence electrons. The summed E-state index contributed by atoms with van der Waals surface area (Å²) in [6, 6.07) is 3.84. The monoisotopic (exact) mass is 172 g/mol. The summed E-state index contributed by atoms with van der Waals surface area (Å²) < 4.78 is 0. The molecule has 0 bridgehead atoms. The average Bonchev–Trinajstić information content (AvgIpc) is 2.20. The number of pyridine rings is 1. The molecule has 2 rings (SSSR count). The maximum absolute atomic E-state index is 5.56. The number of hydrogen-bond donors (Lipinski definition) is 1. The minimum absolute atomic E-state index is 0.712. The highest BCUT2D eigenvalue weighted by atomic mass is 14.7. The van der Waals surface area contributed by atoms with E-state index in [0.29, 0.717) is 5.69 Å². The Kier molecular flexibility index (Phi) is 2.13. The second-order valence-electron chi connectivity index (χ2n) is 3.12. The number of aromatic nitrogens is 1. The summed E-state index contributed by atoms with van der Waals surface area (Å²) in [6.07, 6.45) is 10.4. The van der Waals surface area contributed by atoms with Gasteiger partial charge in [0.1, 0.15) is 0 Å². The third-order valence-corrected chi connectivity index (χ3v) is 2.08. The molecule has 0 spiro atoms. The Hall–Kier alpha value is -1.57. The van der Waals surface area contributed by atoms with Gasteiger partial charge in [-0.2, -0.15) is 0 Å². The van der Waals surface area contributed by atoms with Crippen LogP contribution in [0.2, 0.25) is 0 Å². The predicted octanol–water partition coefficient (Wildman–Crippen LogP) is 2.40. The Morgan fingerprint density at radius 1 is 1.23 bits per heavy atom. The molecular weight excluding hydrogens is 160 g/mol. The topological polar surface area (TPSA) is 38.9 Å².